The van der Waals surface area contributed by atoms with Crippen LogP contribution in [0.5, 0.6) is 0 Å². The van der Waals surface area contributed by atoms with E-state index in [-0.39, 0.29) is 30.0 Å². The molecule has 0 spiro atoms. The van der Waals surface area contributed by atoms with Gasteiger partial charge in [-0.05, 0) is 68.1 Å². The molecule has 1 aliphatic heterocycles. The lowest BCUT2D eigenvalue weighted by atomic mass is 10.1. The van der Waals surface area contributed by atoms with Crippen molar-refractivity contribution in [2.45, 2.75) is 39.3 Å². The van der Waals surface area contributed by atoms with Crippen LogP contribution >= 0.6 is 24.0 Å². The van der Waals surface area contributed by atoms with Crippen LogP contribution in [-0.2, 0) is 6.54 Å². The van der Waals surface area contributed by atoms with Gasteiger partial charge in [0.2, 0.25) is 0 Å². The van der Waals surface area contributed by atoms with Gasteiger partial charge in [0.25, 0.3) is 0 Å². The van der Waals surface area contributed by atoms with Crippen molar-refractivity contribution in [3.63, 3.8) is 0 Å². The second kappa shape index (κ2) is 11.9. The lowest BCUT2D eigenvalue weighted by Gasteiger charge is -2.22. The van der Waals surface area contributed by atoms with E-state index in [0.29, 0.717) is 6.54 Å². The zero-order chi connectivity index (χ0) is 21.5. The highest BCUT2D eigenvalue weighted by Crippen LogP contribution is 2.24. The summed E-state index contributed by atoms with van der Waals surface area (Å²) in [6.07, 6.45) is 6.31. The molecule has 0 saturated carbocycles. The number of anilines is 1. The summed E-state index contributed by atoms with van der Waals surface area (Å²) in [6, 6.07) is 19.3. The summed E-state index contributed by atoms with van der Waals surface area (Å²) in [4.78, 5) is 7.28. The molecule has 1 fully saturated rings. The first-order valence-electron chi connectivity index (χ1n) is 11.2. The SMILES string of the molecule is CCNC(=NCc1ccc(-n2cccn2)cc1)NC(C)c1cccc(N2CCCC2)c1.I. The van der Waals surface area contributed by atoms with Gasteiger partial charge >= 0.3 is 0 Å². The molecule has 2 aromatic carbocycles. The van der Waals surface area contributed by atoms with Crippen LogP contribution in [0.1, 0.15) is 43.9 Å². The van der Waals surface area contributed by atoms with Gasteiger partial charge in [-0.3, -0.25) is 0 Å². The molecule has 1 aromatic heterocycles. The smallest absolute Gasteiger partial charge is 0.192 e. The Balaban J connectivity index is 0.00000289. The van der Waals surface area contributed by atoms with Crippen LogP contribution in [0.15, 0.2) is 72.0 Å². The Morgan fingerprint density at radius 2 is 1.84 bits per heavy atom. The zero-order valence-corrected chi connectivity index (χ0v) is 21.2. The number of nitrogens with zero attached hydrogens (tertiary/aromatic N) is 4. The molecule has 1 atom stereocenters. The fraction of sp³-hybridized carbons (Fsp3) is 0.360. The maximum absolute atomic E-state index is 4.80. The van der Waals surface area contributed by atoms with Crippen molar-refractivity contribution in [2.75, 3.05) is 24.5 Å². The van der Waals surface area contributed by atoms with Crippen LogP contribution in [0.25, 0.3) is 5.69 Å². The number of rotatable bonds is 7. The first-order chi connectivity index (χ1) is 15.2. The van der Waals surface area contributed by atoms with Crippen molar-refractivity contribution in [3.05, 3.63) is 78.1 Å². The number of aliphatic imine (C=N–C) groups is 1. The number of guanidine groups is 1. The Morgan fingerprint density at radius 3 is 2.53 bits per heavy atom. The number of aromatic nitrogens is 2. The summed E-state index contributed by atoms with van der Waals surface area (Å²) >= 11 is 0. The molecule has 4 rings (SSSR count). The van der Waals surface area contributed by atoms with Crippen molar-refractivity contribution in [1.29, 1.82) is 0 Å². The highest BCUT2D eigenvalue weighted by atomic mass is 127. The van der Waals surface area contributed by atoms with Crippen molar-refractivity contribution in [3.8, 4) is 5.69 Å². The van der Waals surface area contributed by atoms with Crippen molar-refractivity contribution in [2.24, 2.45) is 4.99 Å². The molecular weight excluding hydrogens is 511 g/mol. The average molecular weight is 544 g/mol. The molecule has 7 heteroatoms. The van der Waals surface area contributed by atoms with Gasteiger partial charge in [-0.25, -0.2) is 9.67 Å². The number of benzene rings is 2. The number of hydrogen-bond donors (Lipinski definition) is 2. The third-order valence-electron chi connectivity index (χ3n) is 5.66. The van der Waals surface area contributed by atoms with Gasteiger partial charge in [0.15, 0.2) is 5.96 Å². The maximum Gasteiger partial charge on any atom is 0.192 e. The summed E-state index contributed by atoms with van der Waals surface area (Å²) in [5.74, 6) is 0.831. The molecule has 1 aliphatic rings. The molecule has 6 nitrogen and oxygen atoms in total. The monoisotopic (exact) mass is 544 g/mol. The third-order valence-corrected chi connectivity index (χ3v) is 5.66. The molecule has 32 heavy (non-hydrogen) atoms. The Labute approximate surface area is 208 Å². The minimum absolute atomic E-state index is 0. The van der Waals surface area contributed by atoms with Crippen molar-refractivity contribution in [1.82, 2.24) is 20.4 Å². The van der Waals surface area contributed by atoms with E-state index in [2.05, 4.69) is 83.0 Å². The Morgan fingerprint density at radius 1 is 1.06 bits per heavy atom. The molecule has 0 aliphatic carbocycles. The van der Waals surface area contributed by atoms with E-state index in [1.807, 2.05) is 16.9 Å². The Kier molecular flexibility index (Phi) is 8.96. The van der Waals surface area contributed by atoms with Crippen LogP contribution in [0, 0.1) is 0 Å². The minimum Gasteiger partial charge on any atom is -0.372 e. The second-order valence-electron chi connectivity index (χ2n) is 7.97. The second-order valence-corrected chi connectivity index (χ2v) is 7.97. The first kappa shape index (κ1) is 24.1. The highest BCUT2D eigenvalue weighted by Gasteiger charge is 2.14. The lowest BCUT2D eigenvalue weighted by molar-refractivity contribution is 0.686. The molecule has 2 N–H and O–H groups in total. The van der Waals surface area contributed by atoms with E-state index in [0.717, 1.165) is 36.8 Å². The summed E-state index contributed by atoms with van der Waals surface area (Å²) < 4.78 is 1.86. The Hall–Kier alpha value is -2.55. The van der Waals surface area contributed by atoms with Crippen LogP contribution in [0.3, 0.4) is 0 Å². The molecule has 0 amide bonds. The van der Waals surface area contributed by atoms with Crippen LogP contribution in [0.2, 0.25) is 0 Å². The van der Waals surface area contributed by atoms with E-state index in [4.69, 9.17) is 4.99 Å². The maximum atomic E-state index is 4.80. The topological polar surface area (TPSA) is 57.5 Å². The number of halogens is 1. The van der Waals surface area contributed by atoms with Crippen molar-refractivity contribution < 1.29 is 0 Å². The standard InChI is InChI=1S/C25H32N6.HI/c1-3-26-25(27-19-21-10-12-23(13-11-21)31-17-7-14-28-31)29-20(2)22-8-6-9-24(18-22)30-15-4-5-16-30;/h6-14,17-18,20H,3-5,15-16,19H2,1-2H3,(H2,26,27,29);1H. The predicted molar refractivity (Wildman–Crippen MR) is 143 cm³/mol. The van der Waals surface area contributed by atoms with Crippen LogP contribution in [0.4, 0.5) is 5.69 Å². The molecule has 3 aromatic rings. The largest absolute Gasteiger partial charge is 0.372 e. The highest BCUT2D eigenvalue weighted by molar-refractivity contribution is 14.0. The molecular formula is C25H33IN6. The van der Waals surface area contributed by atoms with E-state index >= 15 is 0 Å². The van der Waals surface area contributed by atoms with E-state index in [1.54, 1.807) is 6.20 Å². The first-order valence-corrected chi connectivity index (χ1v) is 11.2. The van der Waals surface area contributed by atoms with Gasteiger partial charge < -0.3 is 15.5 Å². The normalized spacial score (nSPS) is 14.7. The van der Waals surface area contributed by atoms with E-state index in [9.17, 15) is 0 Å². The lowest BCUT2D eigenvalue weighted by Crippen LogP contribution is -2.38. The zero-order valence-electron chi connectivity index (χ0n) is 18.9. The van der Waals surface area contributed by atoms with Crippen LogP contribution < -0.4 is 15.5 Å². The van der Waals surface area contributed by atoms with Crippen molar-refractivity contribution >= 4 is 35.6 Å². The number of hydrogen-bond acceptors (Lipinski definition) is 3. The fourth-order valence-corrected chi connectivity index (χ4v) is 3.92. The summed E-state index contributed by atoms with van der Waals surface area (Å²) in [5.41, 5.74) is 4.81. The minimum atomic E-state index is 0. The molecule has 1 unspecified atom stereocenters. The van der Waals surface area contributed by atoms with Gasteiger partial charge in [0, 0.05) is 37.7 Å². The van der Waals surface area contributed by atoms with E-state index < -0.39 is 0 Å². The fourth-order valence-electron chi connectivity index (χ4n) is 3.92. The molecule has 2 heterocycles. The van der Waals surface area contributed by atoms with Gasteiger partial charge in [0.1, 0.15) is 0 Å². The van der Waals surface area contributed by atoms with Gasteiger partial charge in [0.05, 0.1) is 18.3 Å². The third kappa shape index (κ3) is 6.25. The van der Waals surface area contributed by atoms with Gasteiger partial charge in [-0.15, -0.1) is 24.0 Å². The quantitative estimate of drug-likeness (QED) is 0.252. The molecule has 0 bridgehead atoms. The number of nitrogens with one attached hydrogen (secondary N) is 2. The Bertz CT molecular complexity index is 978. The van der Waals surface area contributed by atoms with Gasteiger partial charge in [-0.1, -0.05) is 24.3 Å². The molecule has 170 valence electrons. The average Bonchev–Trinajstić information content (AvgIpc) is 3.53. The summed E-state index contributed by atoms with van der Waals surface area (Å²) in [6.45, 7) is 8.05. The van der Waals surface area contributed by atoms with Crippen LogP contribution in [-0.4, -0.2) is 35.4 Å². The summed E-state index contributed by atoms with van der Waals surface area (Å²) in [7, 11) is 0. The van der Waals surface area contributed by atoms with Gasteiger partial charge in [-0.2, -0.15) is 5.10 Å². The predicted octanol–water partition coefficient (Wildman–Crippen LogP) is 4.91. The van der Waals surface area contributed by atoms with E-state index in [1.165, 1.54) is 24.1 Å². The molecule has 1 saturated heterocycles. The molecule has 0 radical (unpaired) electrons. The summed E-state index contributed by atoms with van der Waals surface area (Å²) in [5, 5.41) is 11.2.